The molecule has 0 fully saturated rings. The normalized spacial score (nSPS) is 16.4. The molecule has 1 amide bonds. The Balaban J connectivity index is 2.42. The molecule has 0 saturated heterocycles. The van der Waals surface area contributed by atoms with Crippen LogP contribution in [0.25, 0.3) is 5.57 Å². The van der Waals surface area contributed by atoms with Crippen molar-refractivity contribution in [2.75, 3.05) is 11.4 Å². The summed E-state index contributed by atoms with van der Waals surface area (Å²) in [5.41, 5.74) is 2.64. The second-order valence-electron chi connectivity index (χ2n) is 6.41. The van der Waals surface area contributed by atoms with E-state index in [1.807, 2.05) is 45.9 Å². The standard InChI is InChI=1S/C17H21NO4/c1-11-5-6-14-13(9-11)12(10-15(19)20)7-8-18(14)16(21)22-17(2,3)4/h5-6,9-10H,7-8H2,1-4H3,(H,19,20)/b12-10+. The molecule has 1 aromatic rings. The van der Waals surface area contributed by atoms with E-state index >= 15 is 0 Å². The van der Waals surface area contributed by atoms with Crippen LogP contribution in [0.15, 0.2) is 24.3 Å². The smallest absolute Gasteiger partial charge is 0.414 e. The van der Waals surface area contributed by atoms with E-state index < -0.39 is 17.7 Å². The Kier molecular flexibility index (Phi) is 4.26. The van der Waals surface area contributed by atoms with Crippen molar-refractivity contribution in [2.45, 2.75) is 39.7 Å². The molecule has 1 aliphatic heterocycles. The summed E-state index contributed by atoms with van der Waals surface area (Å²) in [5.74, 6) is -0.979. The van der Waals surface area contributed by atoms with Crippen molar-refractivity contribution in [3.8, 4) is 0 Å². The number of anilines is 1. The van der Waals surface area contributed by atoms with Gasteiger partial charge in [0.2, 0.25) is 0 Å². The fourth-order valence-electron chi connectivity index (χ4n) is 2.44. The van der Waals surface area contributed by atoms with Crippen LogP contribution in [0.3, 0.4) is 0 Å². The number of hydrogen-bond acceptors (Lipinski definition) is 3. The lowest BCUT2D eigenvalue weighted by Crippen LogP contribution is -2.39. The van der Waals surface area contributed by atoms with Crippen molar-refractivity contribution in [1.29, 1.82) is 0 Å². The van der Waals surface area contributed by atoms with E-state index in [9.17, 15) is 9.59 Å². The molecule has 22 heavy (non-hydrogen) atoms. The van der Waals surface area contributed by atoms with Gasteiger partial charge in [0.1, 0.15) is 5.60 Å². The fourth-order valence-corrected chi connectivity index (χ4v) is 2.44. The van der Waals surface area contributed by atoms with E-state index in [2.05, 4.69) is 0 Å². The third-order valence-electron chi connectivity index (χ3n) is 3.31. The van der Waals surface area contributed by atoms with Gasteiger partial charge in [0, 0.05) is 18.2 Å². The Bertz CT molecular complexity index is 641. The van der Waals surface area contributed by atoms with Crippen molar-refractivity contribution in [2.24, 2.45) is 0 Å². The van der Waals surface area contributed by atoms with Crippen LogP contribution in [-0.2, 0) is 9.53 Å². The summed E-state index contributed by atoms with van der Waals surface area (Å²) in [4.78, 5) is 24.9. The topological polar surface area (TPSA) is 66.8 Å². The Morgan fingerprint density at radius 1 is 1.32 bits per heavy atom. The van der Waals surface area contributed by atoms with Gasteiger partial charge in [0.15, 0.2) is 0 Å². The molecule has 0 bridgehead atoms. The molecule has 0 atom stereocenters. The van der Waals surface area contributed by atoms with Gasteiger partial charge in [-0.05, 0) is 51.8 Å². The van der Waals surface area contributed by atoms with E-state index in [-0.39, 0.29) is 0 Å². The maximum Gasteiger partial charge on any atom is 0.414 e. The molecule has 2 rings (SSSR count). The van der Waals surface area contributed by atoms with E-state index in [1.54, 1.807) is 4.90 Å². The lowest BCUT2D eigenvalue weighted by Gasteiger charge is -2.32. The Morgan fingerprint density at radius 3 is 2.59 bits per heavy atom. The molecule has 0 unspecified atom stereocenters. The largest absolute Gasteiger partial charge is 0.478 e. The SMILES string of the molecule is Cc1ccc2c(c1)/C(=C/C(=O)O)CCN2C(=O)OC(C)(C)C. The van der Waals surface area contributed by atoms with Crippen LogP contribution >= 0.6 is 0 Å². The predicted octanol–water partition coefficient (Wildman–Crippen LogP) is 3.61. The minimum Gasteiger partial charge on any atom is -0.478 e. The first-order chi connectivity index (χ1) is 10.2. The summed E-state index contributed by atoms with van der Waals surface area (Å²) in [5, 5.41) is 9.01. The summed E-state index contributed by atoms with van der Waals surface area (Å²) in [7, 11) is 0. The van der Waals surface area contributed by atoms with Crippen LogP contribution in [0.2, 0.25) is 0 Å². The van der Waals surface area contributed by atoms with E-state index in [4.69, 9.17) is 9.84 Å². The number of fused-ring (bicyclic) bond motifs is 1. The van der Waals surface area contributed by atoms with Crippen molar-refractivity contribution in [1.82, 2.24) is 0 Å². The zero-order valence-electron chi connectivity index (χ0n) is 13.3. The third-order valence-corrected chi connectivity index (χ3v) is 3.31. The highest BCUT2D eigenvalue weighted by atomic mass is 16.6. The number of aryl methyl sites for hydroxylation is 1. The van der Waals surface area contributed by atoms with Crippen LogP contribution in [0.1, 0.15) is 38.3 Å². The van der Waals surface area contributed by atoms with Gasteiger partial charge >= 0.3 is 12.1 Å². The molecule has 0 aliphatic carbocycles. The molecule has 1 N–H and O–H groups in total. The molecule has 1 aliphatic rings. The predicted molar refractivity (Wildman–Crippen MR) is 85.0 cm³/mol. The number of benzene rings is 1. The number of nitrogens with zero attached hydrogens (tertiary/aromatic N) is 1. The summed E-state index contributed by atoms with van der Waals surface area (Å²) >= 11 is 0. The van der Waals surface area contributed by atoms with Gasteiger partial charge in [-0.15, -0.1) is 0 Å². The molecule has 1 aromatic carbocycles. The quantitative estimate of drug-likeness (QED) is 0.805. The van der Waals surface area contributed by atoms with Gasteiger partial charge in [0.25, 0.3) is 0 Å². The molecule has 0 saturated carbocycles. The van der Waals surface area contributed by atoms with Gasteiger partial charge in [-0.1, -0.05) is 11.6 Å². The molecule has 5 nitrogen and oxygen atoms in total. The summed E-state index contributed by atoms with van der Waals surface area (Å²) < 4.78 is 5.43. The molecule has 118 valence electrons. The minimum absolute atomic E-state index is 0.407. The van der Waals surface area contributed by atoms with Crippen LogP contribution in [0, 0.1) is 6.92 Å². The fraction of sp³-hybridized carbons (Fsp3) is 0.412. The number of hydrogen-bond donors (Lipinski definition) is 1. The zero-order chi connectivity index (χ0) is 16.5. The van der Waals surface area contributed by atoms with E-state index in [1.165, 1.54) is 6.08 Å². The molecule has 5 heteroatoms. The highest BCUT2D eigenvalue weighted by molar-refractivity contribution is 5.99. The summed E-state index contributed by atoms with van der Waals surface area (Å²) in [6.07, 6.45) is 1.29. The average molecular weight is 303 g/mol. The van der Waals surface area contributed by atoms with Crippen molar-refractivity contribution < 1.29 is 19.4 Å². The molecular formula is C17H21NO4. The summed E-state index contributed by atoms with van der Waals surface area (Å²) in [6.45, 7) is 7.80. The number of amides is 1. The molecule has 0 aromatic heterocycles. The highest BCUT2D eigenvalue weighted by Crippen LogP contribution is 2.36. The number of carbonyl (C=O) groups is 2. The average Bonchev–Trinajstić information content (AvgIpc) is 2.36. The highest BCUT2D eigenvalue weighted by Gasteiger charge is 2.29. The first-order valence-corrected chi connectivity index (χ1v) is 7.22. The van der Waals surface area contributed by atoms with Gasteiger partial charge in [-0.2, -0.15) is 0 Å². The van der Waals surface area contributed by atoms with Gasteiger partial charge < -0.3 is 9.84 Å². The van der Waals surface area contributed by atoms with Crippen LogP contribution in [-0.4, -0.2) is 29.3 Å². The number of rotatable bonds is 1. The van der Waals surface area contributed by atoms with Gasteiger partial charge in [-0.3, -0.25) is 4.90 Å². The lowest BCUT2D eigenvalue weighted by atomic mass is 9.94. The Hall–Kier alpha value is -2.30. The second kappa shape index (κ2) is 5.83. The number of carboxylic acid groups (broad SMARTS) is 1. The zero-order valence-corrected chi connectivity index (χ0v) is 13.3. The van der Waals surface area contributed by atoms with Crippen LogP contribution in [0.4, 0.5) is 10.5 Å². The Morgan fingerprint density at radius 2 is 2.00 bits per heavy atom. The van der Waals surface area contributed by atoms with Crippen molar-refractivity contribution in [3.05, 3.63) is 35.4 Å². The number of ether oxygens (including phenoxy) is 1. The lowest BCUT2D eigenvalue weighted by molar-refractivity contribution is -0.131. The van der Waals surface area contributed by atoms with E-state index in [0.717, 1.165) is 16.7 Å². The first-order valence-electron chi connectivity index (χ1n) is 7.22. The van der Waals surface area contributed by atoms with Crippen LogP contribution < -0.4 is 4.90 Å². The molecule has 0 spiro atoms. The number of aliphatic carboxylic acids is 1. The van der Waals surface area contributed by atoms with Gasteiger partial charge in [0.05, 0.1) is 5.69 Å². The first kappa shape index (κ1) is 16.1. The van der Waals surface area contributed by atoms with Gasteiger partial charge in [-0.25, -0.2) is 9.59 Å². The summed E-state index contributed by atoms with van der Waals surface area (Å²) in [6, 6.07) is 5.64. The molecular weight excluding hydrogens is 282 g/mol. The maximum atomic E-state index is 12.4. The molecule has 1 heterocycles. The van der Waals surface area contributed by atoms with Crippen LogP contribution in [0.5, 0.6) is 0 Å². The number of carbonyl (C=O) groups excluding carboxylic acids is 1. The minimum atomic E-state index is -0.979. The van der Waals surface area contributed by atoms with E-state index in [0.29, 0.717) is 18.7 Å². The van der Waals surface area contributed by atoms with Crippen molar-refractivity contribution >= 4 is 23.3 Å². The molecule has 0 radical (unpaired) electrons. The van der Waals surface area contributed by atoms with Crippen molar-refractivity contribution in [3.63, 3.8) is 0 Å². The Labute approximate surface area is 130 Å². The monoisotopic (exact) mass is 303 g/mol. The third kappa shape index (κ3) is 3.67. The maximum absolute atomic E-state index is 12.4. The number of carboxylic acids is 1. The second-order valence-corrected chi connectivity index (χ2v) is 6.41.